The van der Waals surface area contributed by atoms with Gasteiger partial charge in [0.2, 0.25) is 0 Å². The third kappa shape index (κ3) is 4.95. The zero-order valence-electron chi connectivity index (χ0n) is 18.7. The van der Waals surface area contributed by atoms with Crippen molar-refractivity contribution in [1.29, 1.82) is 0 Å². The smallest absolute Gasteiger partial charge is 0.341 e. The summed E-state index contributed by atoms with van der Waals surface area (Å²) < 4.78 is 8.02. The molecule has 0 aliphatic rings. The number of aromatic nitrogens is 3. The molecule has 35 heavy (non-hydrogen) atoms. The molecule has 0 bridgehead atoms. The zero-order chi connectivity index (χ0) is 25.1. The van der Waals surface area contributed by atoms with Crippen molar-refractivity contribution >= 4 is 23.2 Å². The molecule has 10 heteroatoms. The summed E-state index contributed by atoms with van der Waals surface area (Å²) in [4.78, 5) is 40.4. The fourth-order valence-electron chi connectivity index (χ4n) is 3.74. The van der Waals surface area contributed by atoms with Crippen LogP contribution in [-0.2, 0) is 13.1 Å². The quantitative estimate of drug-likeness (QED) is 0.409. The second-order valence-corrected chi connectivity index (χ2v) is 8.61. The minimum atomic E-state index is -0.839. The molecule has 1 heterocycles. The highest BCUT2D eigenvalue weighted by molar-refractivity contribution is 6.35. The number of halogens is 2. The monoisotopic (exact) mass is 512 g/mol. The lowest BCUT2D eigenvalue weighted by molar-refractivity contribution is 0.414. The number of rotatable bonds is 7. The van der Waals surface area contributed by atoms with Crippen molar-refractivity contribution in [2.45, 2.75) is 19.1 Å². The van der Waals surface area contributed by atoms with E-state index in [-0.39, 0.29) is 28.8 Å². The maximum Gasteiger partial charge on any atom is 0.341 e. The predicted molar refractivity (Wildman–Crippen MR) is 136 cm³/mol. The molecule has 1 atom stereocenters. The molecule has 0 fully saturated rings. The first-order valence-corrected chi connectivity index (χ1v) is 11.4. The zero-order valence-corrected chi connectivity index (χ0v) is 20.2. The molecule has 1 unspecified atom stereocenters. The standard InChI is InChI=1S/C25H22Cl2N4O4/c1-35-18-10-5-9-17(13-18)31-24(33)29(14-19-20(26)11-6-12-21(19)27)23(32)30(25(31)34)15-22(28)16-7-3-2-4-8-16/h2-13,22H,14-15,28H2,1H3. The van der Waals surface area contributed by atoms with Gasteiger partial charge < -0.3 is 10.5 Å². The summed E-state index contributed by atoms with van der Waals surface area (Å²) in [5, 5.41) is 0.575. The molecule has 0 saturated heterocycles. The van der Waals surface area contributed by atoms with Crippen LogP contribution in [0.5, 0.6) is 5.75 Å². The van der Waals surface area contributed by atoms with Crippen molar-refractivity contribution in [2.75, 3.05) is 7.11 Å². The van der Waals surface area contributed by atoms with Crippen LogP contribution in [-0.4, -0.2) is 20.8 Å². The highest BCUT2D eigenvalue weighted by Gasteiger charge is 2.21. The molecule has 180 valence electrons. The molecule has 2 N–H and O–H groups in total. The van der Waals surface area contributed by atoms with Gasteiger partial charge in [-0.15, -0.1) is 0 Å². The van der Waals surface area contributed by atoms with E-state index in [1.54, 1.807) is 48.5 Å². The molecule has 0 saturated carbocycles. The number of ether oxygens (including phenoxy) is 1. The maximum absolute atomic E-state index is 13.5. The number of methoxy groups -OCH3 is 1. The molecule has 0 radical (unpaired) electrons. The van der Waals surface area contributed by atoms with Crippen LogP contribution in [0.4, 0.5) is 0 Å². The molecule has 0 spiro atoms. The highest BCUT2D eigenvalue weighted by Crippen LogP contribution is 2.24. The Balaban J connectivity index is 1.95. The predicted octanol–water partition coefficient (Wildman–Crippen LogP) is 3.22. The largest absolute Gasteiger partial charge is 0.497 e. The lowest BCUT2D eigenvalue weighted by Gasteiger charge is -2.18. The van der Waals surface area contributed by atoms with Gasteiger partial charge in [0.1, 0.15) is 5.75 Å². The average Bonchev–Trinajstić information content (AvgIpc) is 2.86. The van der Waals surface area contributed by atoms with Crippen molar-refractivity contribution < 1.29 is 4.74 Å². The minimum Gasteiger partial charge on any atom is -0.497 e. The highest BCUT2D eigenvalue weighted by atomic mass is 35.5. The lowest BCUT2D eigenvalue weighted by atomic mass is 10.1. The Morgan fingerprint density at radius 3 is 2.11 bits per heavy atom. The van der Waals surface area contributed by atoms with Crippen LogP contribution in [0.2, 0.25) is 10.0 Å². The molecule has 8 nitrogen and oxygen atoms in total. The van der Waals surface area contributed by atoms with E-state index in [9.17, 15) is 14.4 Å². The Kier molecular flexibility index (Phi) is 7.25. The van der Waals surface area contributed by atoms with Gasteiger partial charge in [0.25, 0.3) is 0 Å². The van der Waals surface area contributed by atoms with Gasteiger partial charge in [-0.2, -0.15) is 0 Å². The molecular weight excluding hydrogens is 491 g/mol. The van der Waals surface area contributed by atoms with Crippen LogP contribution in [0.3, 0.4) is 0 Å². The first-order valence-electron chi connectivity index (χ1n) is 10.7. The van der Waals surface area contributed by atoms with E-state index in [1.807, 2.05) is 18.2 Å². The van der Waals surface area contributed by atoms with E-state index in [4.69, 9.17) is 33.7 Å². The number of nitrogens with two attached hydrogens (primary N) is 1. The third-order valence-electron chi connectivity index (χ3n) is 5.60. The lowest BCUT2D eigenvalue weighted by Crippen LogP contribution is -2.54. The van der Waals surface area contributed by atoms with Gasteiger partial charge >= 0.3 is 17.1 Å². The fraction of sp³-hybridized carbons (Fsp3) is 0.160. The second-order valence-electron chi connectivity index (χ2n) is 7.80. The van der Waals surface area contributed by atoms with E-state index in [2.05, 4.69) is 0 Å². The Hall–Kier alpha value is -3.59. The van der Waals surface area contributed by atoms with Crippen molar-refractivity contribution in [3.8, 4) is 11.4 Å². The van der Waals surface area contributed by atoms with Crippen molar-refractivity contribution in [1.82, 2.24) is 13.7 Å². The Bertz CT molecular complexity index is 1520. The summed E-state index contributed by atoms with van der Waals surface area (Å²) >= 11 is 12.6. The third-order valence-corrected chi connectivity index (χ3v) is 6.31. The molecule has 0 aliphatic carbocycles. The summed E-state index contributed by atoms with van der Waals surface area (Å²) in [6.45, 7) is -0.386. The van der Waals surface area contributed by atoms with E-state index in [1.165, 1.54) is 13.2 Å². The summed E-state index contributed by atoms with van der Waals surface area (Å²) in [6.07, 6.45) is 0. The maximum atomic E-state index is 13.5. The molecule has 1 aromatic heterocycles. The van der Waals surface area contributed by atoms with Gasteiger partial charge in [-0.05, 0) is 29.8 Å². The summed E-state index contributed by atoms with van der Waals surface area (Å²) in [6, 6.07) is 19.7. The van der Waals surface area contributed by atoms with Crippen LogP contribution in [0.25, 0.3) is 5.69 Å². The second kappa shape index (κ2) is 10.4. The minimum absolute atomic E-state index is 0.151. The summed E-state index contributed by atoms with van der Waals surface area (Å²) in [5.74, 6) is 0.438. The molecule has 4 rings (SSSR count). The summed E-state index contributed by atoms with van der Waals surface area (Å²) in [5.41, 5.74) is 5.21. The molecule has 4 aromatic rings. The van der Waals surface area contributed by atoms with E-state index in [0.29, 0.717) is 11.3 Å². The average molecular weight is 513 g/mol. The van der Waals surface area contributed by atoms with Gasteiger partial charge in [0, 0.05) is 27.7 Å². The van der Waals surface area contributed by atoms with Gasteiger partial charge in [0.15, 0.2) is 0 Å². The number of nitrogens with zero attached hydrogens (tertiary/aromatic N) is 3. The first-order chi connectivity index (χ1) is 16.8. The van der Waals surface area contributed by atoms with Crippen LogP contribution in [0, 0.1) is 0 Å². The van der Waals surface area contributed by atoms with Crippen LogP contribution in [0.1, 0.15) is 17.2 Å². The SMILES string of the molecule is COc1cccc(-n2c(=O)n(Cc3c(Cl)cccc3Cl)c(=O)n(CC(N)c3ccccc3)c2=O)c1. The Labute approximate surface area is 210 Å². The van der Waals surface area contributed by atoms with E-state index in [0.717, 1.165) is 19.3 Å². The number of hydrogen-bond acceptors (Lipinski definition) is 5. The van der Waals surface area contributed by atoms with Gasteiger partial charge in [-0.25, -0.2) is 28.1 Å². The molecule has 3 aromatic carbocycles. The van der Waals surface area contributed by atoms with Crippen LogP contribution < -0.4 is 27.5 Å². The van der Waals surface area contributed by atoms with E-state index < -0.39 is 23.1 Å². The Morgan fingerprint density at radius 1 is 0.829 bits per heavy atom. The summed E-state index contributed by atoms with van der Waals surface area (Å²) in [7, 11) is 1.47. The fourth-order valence-corrected chi connectivity index (χ4v) is 4.26. The molecule has 0 amide bonds. The van der Waals surface area contributed by atoms with Crippen LogP contribution >= 0.6 is 23.2 Å². The van der Waals surface area contributed by atoms with Gasteiger partial charge in [-0.1, -0.05) is 65.7 Å². The van der Waals surface area contributed by atoms with E-state index >= 15 is 0 Å². The molecular formula is C25H22Cl2N4O4. The number of hydrogen-bond donors (Lipinski definition) is 1. The normalized spacial score (nSPS) is 11.9. The van der Waals surface area contributed by atoms with Gasteiger partial charge in [-0.3, -0.25) is 0 Å². The Morgan fingerprint density at radius 2 is 1.46 bits per heavy atom. The topological polar surface area (TPSA) is 101 Å². The first kappa shape index (κ1) is 24.5. The van der Waals surface area contributed by atoms with Crippen molar-refractivity contribution in [3.05, 3.63) is 125 Å². The van der Waals surface area contributed by atoms with Gasteiger partial charge in [0.05, 0.1) is 25.9 Å². The van der Waals surface area contributed by atoms with Crippen LogP contribution in [0.15, 0.2) is 87.2 Å². The molecule has 0 aliphatic heterocycles. The van der Waals surface area contributed by atoms with Crippen molar-refractivity contribution in [2.24, 2.45) is 5.73 Å². The number of benzene rings is 3. The van der Waals surface area contributed by atoms with Crippen molar-refractivity contribution in [3.63, 3.8) is 0 Å².